The van der Waals surface area contributed by atoms with Gasteiger partial charge in [0.05, 0.1) is 12.1 Å². The summed E-state index contributed by atoms with van der Waals surface area (Å²) in [5, 5.41) is 5.67. The molecule has 1 aromatic carbocycles. The molecule has 3 unspecified atom stereocenters. The Kier molecular flexibility index (Phi) is 13.2. The summed E-state index contributed by atoms with van der Waals surface area (Å²) < 4.78 is 6.38. The number of fused-ring (bicyclic) bond motifs is 5. The number of hydrogen-bond acceptors (Lipinski definition) is 4. The molecule has 272 valence electrons. The molecular formula is C43H66N2O4. The number of carbonyl (C=O) groups excluding carboxylic acids is 3. The number of nitrogens with one attached hydrogen (secondary N) is 2. The summed E-state index contributed by atoms with van der Waals surface area (Å²) in [6, 6.07) is 9.00. The van der Waals surface area contributed by atoms with Gasteiger partial charge in [0.15, 0.2) is 0 Å². The summed E-state index contributed by atoms with van der Waals surface area (Å²) in [4.78, 5) is 36.1. The maximum atomic E-state index is 12.4. The van der Waals surface area contributed by atoms with Gasteiger partial charge >= 0.3 is 0 Å². The lowest BCUT2D eigenvalue weighted by atomic mass is 9.47. The van der Waals surface area contributed by atoms with Crippen LogP contribution in [0.2, 0.25) is 0 Å². The predicted octanol–water partition coefficient (Wildman–Crippen LogP) is 8.63. The zero-order chi connectivity index (χ0) is 35.0. The Bertz CT molecular complexity index is 1280. The van der Waals surface area contributed by atoms with Crippen molar-refractivity contribution in [1.29, 1.82) is 0 Å². The van der Waals surface area contributed by atoms with Gasteiger partial charge in [0.1, 0.15) is 6.29 Å². The van der Waals surface area contributed by atoms with E-state index < -0.39 is 6.04 Å². The van der Waals surface area contributed by atoms with E-state index in [1.54, 1.807) is 5.57 Å². The van der Waals surface area contributed by atoms with Gasteiger partial charge in [-0.15, -0.1) is 0 Å². The molecule has 0 radical (unpaired) electrons. The number of rotatable bonds is 17. The Labute approximate surface area is 297 Å². The van der Waals surface area contributed by atoms with Crippen LogP contribution in [-0.4, -0.2) is 43.4 Å². The van der Waals surface area contributed by atoms with Crippen molar-refractivity contribution in [2.45, 2.75) is 143 Å². The SMILES string of the molecule is CC(C)CCC[C@@H](C)[C@H]1CCC2C3CC=C4C[C@@H](OCCCNC(=O)CCC(=O)N[C@H](C=O)Cc5ccccc5)CC[C@]4(C)C3CC[C@@]21C. The van der Waals surface area contributed by atoms with Crippen LogP contribution < -0.4 is 10.6 Å². The molecule has 0 heterocycles. The smallest absolute Gasteiger partial charge is 0.221 e. The van der Waals surface area contributed by atoms with Crippen molar-refractivity contribution >= 4 is 18.1 Å². The zero-order valence-electron chi connectivity index (χ0n) is 31.3. The number of aldehydes is 1. The largest absolute Gasteiger partial charge is 0.378 e. The van der Waals surface area contributed by atoms with Crippen LogP contribution in [0.15, 0.2) is 42.0 Å². The molecule has 3 fully saturated rings. The molecule has 0 saturated heterocycles. The van der Waals surface area contributed by atoms with Crippen LogP contribution in [0.25, 0.3) is 0 Å². The topological polar surface area (TPSA) is 84.5 Å². The monoisotopic (exact) mass is 675 g/mol. The first kappa shape index (κ1) is 37.8. The molecule has 3 saturated carbocycles. The van der Waals surface area contributed by atoms with Gasteiger partial charge in [-0.1, -0.05) is 95.9 Å². The minimum Gasteiger partial charge on any atom is -0.378 e. The van der Waals surface area contributed by atoms with Crippen molar-refractivity contribution in [3.05, 3.63) is 47.5 Å². The average molecular weight is 675 g/mol. The Morgan fingerprint density at radius 2 is 1.71 bits per heavy atom. The highest BCUT2D eigenvalue weighted by atomic mass is 16.5. The average Bonchev–Trinajstić information content (AvgIpc) is 3.44. The quantitative estimate of drug-likeness (QED) is 0.0985. The lowest BCUT2D eigenvalue weighted by molar-refractivity contribution is -0.127. The predicted molar refractivity (Wildman–Crippen MR) is 198 cm³/mol. The van der Waals surface area contributed by atoms with E-state index >= 15 is 0 Å². The van der Waals surface area contributed by atoms with Gasteiger partial charge in [0, 0.05) is 26.0 Å². The van der Waals surface area contributed by atoms with E-state index in [0.717, 1.165) is 66.6 Å². The van der Waals surface area contributed by atoms with Crippen molar-refractivity contribution in [2.24, 2.45) is 46.3 Å². The van der Waals surface area contributed by atoms with E-state index in [9.17, 15) is 14.4 Å². The summed E-state index contributed by atoms with van der Waals surface area (Å²) in [6.07, 6.45) is 19.6. The molecule has 4 aliphatic rings. The standard InChI is InChI=1S/C43H66N2O4/c1-30(2)11-9-12-31(3)37-17-18-38-36-16-15-33-28-35(21-23-42(33,4)39(36)22-24-43(37,38)5)49-26-10-25-44-40(47)19-20-41(48)45-34(29-46)27-32-13-7-6-8-14-32/h6-8,13-15,29-31,34-39H,9-12,16-28H2,1-5H3,(H,44,47)(H,45,48)/t31-,34+,35+,36?,37-,38?,39?,42+,43-/m1/s1. The fraction of sp³-hybridized carbons (Fsp3) is 0.744. The first-order valence-corrected chi connectivity index (χ1v) is 19.9. The molecule has 4 aliphatic carbocycles. The maximum absolute atomic E-state index is 12.4. The van der Waals surface area contributed by atoms with Crippen molar-refractivity contribution in [1.82, 2.24) is 10.6 Å². The molecule has 2 amide bonds. The Hall–Kier alpha value is -2.47. The van der Waals surface area contributed by atoms with Gasteiger partial charge < -0.3 is 20.2 Å². The van der Waals surface area contributed by atoms with Gasteiger partial charge in [-0.25, -0.2) is 0 Å². The Balaban J connectivity index is 1.00. The summed E-state index contributed by atoms with van der Waals surface area (Å²) >= 11 is 0. The van der Waals surface area contributed by atoms with E-state index in [-0.39, 0.29) is 30.8 Å². The van der Waals surface area contributed by atoms with Crippen LogP contribution in [0.3, 0.4) is 0 Å². The lowest BCUT2D eigenvalue weighted by Crippen LogP contribution is -2.51. The minimum atomic E-state index is -0.588. The lowest BCUT2D eigenvalue weighted by Gasteiger charge is -2.58. The summed E-state index contributed by atoms with van der Waals surface area (Å²) in [5.74, 6) is 4.73. The Morgan fingerprint density at radius 1 is 0.939 bits per heavy atom. The van der Waals surface area contributed by atoms with Gasteiger partial charge in [0.2, 0.25) is 11.8 Å². The second-order valence-electron chi connectivity index (χ2n) is 17.2. The van der Waals surface area contributed by atoms with E-state index in [2.05, 4.69) is 51.3 Å². The molecule has 9 atom stereocenters. The third-order valence-corrected chi connectivity index (χ3v) is 13.6. The number of carbonyl (C=O) groups is 3. The van der Waals surface area contributed by atoms with Crippen molar-refractivity contribution < 1.29 is 19.1 Å². The molecule has 0 aromatic heterocycles. The Morgan fingerprint density at radius 3 is 2.47 bits per heavy atom. The highest BCUT2D eigenvalue weighted by Crippen LogP contribution is 2.67. The minimum absolute atomic E-state index is 0.0669. The summed E-state index contributed by atoms with van der Waals surface area (Å²) in [5.41, 5.74) is 3.51. The van der Waals surface area contributed by atoms with E-state index in [1.807, 2.05) is 30.3 Å². The van der Waals surface area contributed by atoms with Crippen LogP contribution in [0.1, 0.15) is 130 Å². The van der Waals surface area contributed by atoms with E-state index in [1.165, 1.54) is 57.8 Å². The fourth-order valence-electron chi connectivity index (χ4n) is 10.9. The zero-order valence-corrected chi connectivity index (χ0v) is 31.3. The third-order valence-electron chi connectivity index (χ3n) is 13.6. The summed E-state index contributed by atoms with van der Waals surface area (Å²) in [6.45, 7) is 13.8. The van der Waals surface area contributed by atoms with E-state index in [4.69, 9.17) is 4.74 Å². The normalized spacial score (nSPS) is 31.9. The highest BCUT2D eigenvalue weighted by molar-refractivity contribution is 5.85. The van der Waals surface area contributed by atoms with Gasteiger partial charge in [-0.3, -0.25) is 9.59 Å². The maximum Gasteiger partial charge on any atom is 0.221 e. The second kappa shape index (κ2) is 17.2. The van der Waals surface area contributed by atoms with Crippen LogP contribution in [-0.2, 0) is 25.5 Å². The summed E-state index contributed by atoms with van der Waals surface area (Å²) in [7, 11) is 0. The van der Waals surface area contributed by atoms with Crippen LogP contribution in [0.5, 0.6) is 0 Å². The van der Waals surface area contributed by atoms with Gasteiger partial charge in [0.25, 0.3) is 0 Å². The molecule has 6 nitrogen and oxygen atoms in total. The first-order chi connectivity index (χ1) is 23.5. The number of allylic oxidation sites excluding steroid dienone is 1. The van der Waals surface area contributed by atoms with Crippen LogP contribution >= 0.6 is 0 Å². The fourth-order valence-corrected chi connectivity index (χ4v) is 10.9. The van der Waals surface area contributed by atoms with E-state index in [0.29, 0.717) is 30.4 Å². The second-order valence-corrected chi connectivity index (χ2v) is 17.2. The van der Waals surface area contributed by atoms with Gasteiger partial charge in [-0.2, -0.15) is 0 Å². The number of amides is 2. The molecule has 2 N–H and O–H groups in total. The molecule has 0 aliphatic heterocycles. The molecule has 0 bridgehead atoms. The molecule has 1 aromatic rings. The molecule has 0 spiro atoms. The first-order valence-electron chi connectivity index (χ1n) is 19.9. The molecule has 5 rings (SSSR count). The third kappa shape index (κ3) is 9.26. The van der Waals surface area contributed by atoms with Crippen molar-refractivity contribution in [3.8, 4) is 0 Å². The van der Waals surface area contributed by atoms with Gasteiger partial charge in [-0.05, 0) is 116 Å². The van der Waals surface area contributed by atoms with Crippen LogP contribution in [0.4, 0.5) is 0 Å². The molecular weight excluding hydrogens is 608 g/mol. The number of benzene rings is 1. The van der Waals surface area contributed by atoms with Crippen LogP contribution in [0, 0.1) is 46.3 Å². The van der Waals surface area contributed by atoms with Crippen molar-refractivity contribution in [2.75, 3.05) is 13.2 Å². The van der Waals surface area contributed by atoms with Crippen molar-refractivity contribution in [3.63, 3.8) is 0 Å². The number of hydrogen-bond donors (Lipinski definition) is 2. The number of ether oxygens (including phenoxy) is 1. The molecule has 49 heavy (non-hydrogen) atoms. The molecule has 6 heteroatoms. The highest BCUT2D eigenvalue weighted by Gasteiger charge is 2.59.